The van der Waals surface area contributed by atoms with Crippen molar-refractivity contribution in [2.75, 3.05) is 23.7 Å². The number of hydrogen-bond donors (Lipinski definition) is 2. The molecule has 12 heteroatoms. The van der Waals surface area contributed by atoms with Crippen LogP contribution in [0.3, 0.4) is 0 Å². The summed E-state index contributed by atoms with van der Waals surface area (Å²) in [6.07, 6.45) is 3.97. The van der Waals surface area contributed by atoms with Gasteiger partial charge in [0.15, 0.2) is 11.6 Å². The molecule has 9 nitrogen and oxygen atoms in total. The summed E-state index contributed by atoms with van der Waals surface area (Å²) in [7, 11) is -4.14. The first-order valence-electron chi connectivity index (χ1n) is 9.22. The number of carbonyl (C=O) groups is 2. The lowest BCUT2D eigenvalue weighted by molar-refractivity contribution is -0.140. The number of nitrogens with zero attached hydrogens (tertiary/aromatic N) is 2. The Balaban J connectivity index is 1.72. The minimum atomic E-state index is -4.14. The average Bonchev–Trinajstić information content (AvgIpc) is 3.16. The van der Waals surface area contributed by atoms with E-state index < -0.39 is 34.3 Å². The highest BCUT2D eigenvalue weighted by molar-refractivity contribution is 8.26. The lowest BCUT2D eigenvalue weighted by Crippen LogP contribution is -2.33. The normalized spacial score (nSPS) is 19.8. The van der Waals surface area contributed by atoms with Gasteiger partial charge >= 0.3 is 5.97 Å². The van der Waals surface area contributed by atoms with Crippen LogP contribution in [0, 0.1) is 5.92 Å². The van der Waals surface area contributed by atoms with Gasteiger partial charge in [-0.1, -0.05) is 49.1 Å². The van der Waals surface area contributed by atoms with Gasteiger partial charge in [-0.25, -0.2) is 0 Å². The van der Waals surface area contributed by atoms with E-state index in [1.165, 1.54) is 0 Å². The molecular weight excluding hydrogens is 464 g/mol. The van der Waals surface area contributed by atoms with E-state index >= 15 is 0 Å². The van der Waals surface area contributed by atoms with Crippen LogP contribution in [0.2, 0.25) is 0 Å². The number of carbonyl (C=O) groups excluding carboxylic acids is 1. The number of thioether (sulfide) groups is 1. The molecule has 1 amide bonds. The molecule has 166 valence electrons. The van der Waals surface area contributed by atoms with Gasteiger partial charge in [-0.2, -0.15) is 8.42 Å². The van der Waals surface area contributed by atoms with Gasteiger partial charge < -0.3 is 14.7 Å². The molecule has 0 aliphatic carbocycles. The minimum absolute atomic E-state index is 0.0178. The summed E-state index contributed by atoms with van der Waals surface area (Å²) in [4.78, 5) is 26.4. The number of amides is 1. The van der Waals surface area contributed by atoms with Crippen molar-refractivity contribution < 1.29 is 32.4 Å². The number of carboxylic acid groups (broad SMARTS) is 1. The fraction of sp³-hybridized carbons (Fsp3) is 0.316. The standard InChI is InChI=1S/C19H20N2O7S3/c1-12(10-15-18(24)21(11-17(22)23)19(29)30-15)6-7-16-20(8-9-31(25,26)27)13-4-2-3-5-14(13)28-16/h2-5,7,10,12H,6,8-9,11H2,1H3,(H,22,23)(H,25,26,27). The predicted octanol–water partition coefficient (Wildman–Crippen LogP) is 2.47. The summed E-state index contributed by atoms with van der Waals surface area (Å²) in [5.41, 5.74) is 0.694. The van der Waals surface area contributed by atoms with Crippen molar-refractivity contribution >= 4 is 56.0 Å². The average molecular weight is 485 g/mol. The van der Waals surface area contributed by atoms with E-state index in [9.17, 15) is 18.0 Å². The van der Waals surface area contributed by atoms with E-state index in [2.05, 4.69) is 0 Å². The van der Waals surface area contributed by atoms with Crippen molar-refractivity contribution in [3.05, 3.63) is 47.2 Å². The van der Waals surface area contributed by atoms with Crippen LogP contribution in [-0.4, -0.2) is 58.0 Å². The lowest BCUT2D eigenvalue weighted by Gasteiger charge is -2.18. The van der Waals surface area contributed by atoms with Crippen LogP contribution >= 0.6 is 24.0 Å². The fourth-order valence-electron chi connectivity index (χ4n) is 3.04. The number of aliphatic carboxylic acids is 1. The summed E-state index contributed by atoms with van der Waals surface area (Å²) >= 11 is 6.15. The number of hydrogen-bond acceptors (Lipinski definition) is 8. The number of rotatable bonds is 8. The van der Waals surface area contributed by atoms with E-state index in [0.29, 0.717) is 28.6 Å². The highest BCUT2D eigenvalue weighted by Crippen LogP contribution is 2.39. The molecule has 2 heterocycles. The van der Waals surface area contributed by atoms with Crippen LogP contribution in [0.15, 0.2) is 47.2 Å². The largest absolute Gasteiger partial charge is 0.480 e. The van der Waals surface area contributed by atoms with Gasteiger partial charge in [0.25, 0.3) is 16.0 Å². The van der Waals surface area contributed by atoms with E-state index in [0.717, 1.165) is 16.7 Å². The fourth-order valence-corrected chi connectivity index (χ4v) is 4.81. The molecule has 0 spiro atoms. The second-order valence-electron chi connectivity index (χ2n) is 6.95. The highest BCUT2D eigenvalue weighted by Gasteiger charge is 2.33. The first-order chi connectivity index (χ1) is 14.5. The molecule has 0 saturated carbocycles. The Hall–Kier alpha value is -2.41. The zero-order chi connectivity index (χ0) is 22.8. The minimum Gasteiger partial charge on any atom is -0.480 e. The van der Waals surface area contributed by atoms with E-state index in [-0.39, 0.29) is 16.8 Å². The number of fused-ring (bicyclic) bond motifs is 1. The third-order valence-electron chi connectivity index (χ3n) is 4.48. The van der Waals surface area contributed by atoms with Crippen LogP contribution in [-0.2, 0) is 19.7 Å². The number of para-hydroxylation sites is 2. The molecule has 3 rings (SSSR count). The molecule has 0 aromatic heterocycles. The number of anilines is 1. The lowest BCUT2D eigenvalue weighted by atomic mass is 10.1. The molecule has 1 aromatic rings. The zero-order valence-electron chi connectivity index (χ0n) is 16.4. The monoisotopic (exact) mass is 484 g/mol. The smallest absolute Gasteiger partial charge is 0.323 e. The second-order valence-corrected chi connectivity index (χ2v) is 10.2. The van der Waals surface area contributed by atoms with E-state index in [4.69, 9.17) is 26.6 Å². The second kappa shape index (κ2) is 9.39. The summed E-state index contributed by atoms with van der Waals surface area (Å²) in [6.45, 7) is 1.42. The third-order valence-corrected chi connectivity index (χ3v) is 6.57. The van der Waals surface area contributed by atoms with Crippen molar-refractivity contribution in [3.8, 4) is 5.75 Å². The number of benzene rings is 1. The topological polar surface area (TPSA) is 124 Å². The number of thiocarbonyl (C=S) groups is 1. The Morgan fingerprint density at radius 1 is 1.32 bits per heavy atom. The maximum absolute atomic E-state index is 12.4. The predicted molar refractivity (Wildman–Crippen MR) is 120 cm³/mol. The Kier molecular flexibility index (Phi) is 7.04. The van der Waals surface area contributed by atoms with Gasteiger partial charge in [-0.15, -0.1) is 0 Å². The molecule has 2 aliphatic heterocycles. The van der Waals surface area contributed by atoms with Crippen molar-refractivity contribution in [2.24, 2.45) is 5.92 Å². The van der Waals surface area contributed by atoms with Crippen molar-refractivity contribution in [3.63, 3.8) is 0 Å². The molecule has 31 heavy (non-hydrogen) atoms. The van der Waals surface area contributed by atoms with Gasteiger partial charge in [0.2, 0.25) is 0 Å². The molecule has 0 radical (unpaired) electrons. The molecule has 1 aromatic carbocycles. The van der Waals surface area contributed by atoms with Gasteiger partial charge in [0, 0.05) is 6.54 Å². The van der Waals surface area contributed by atoms with Crippen LogP contribution in [0.1, 0.15) is 13.3 Å². The SMILES string of the molecule is CC(C=C1SC(=S)N(CC(=O)O)C1=O)CC=C1Oc2ccccc2N1CCS(=O)(=O)O. The Labute approximate surface area is 189 Å². The first-order valence-corrected chi connectivity index (χ1v) is 12.1. The molecule has 2 aliphatic rings. The van der Waals surface area contributed by atoms with Crippen LogP contribution in [0.25, 0.3) is 0 Å². The zero-order valence-corrected chi connectivity index (χ0v) is 18.9. The maximum atomic E-state index is 12.4. The van der Waals surface area contributed by atoms with Crippen molar-refractivity contribution in [1.82, 2.24) is 4.90 Å². The molecule has 1 atom stereocenters. The molecule has 1 saturated heterocycles. The molecular formula is C19H20N2O7S3. The first kappa shape index (κ1) is 23.3. The van der Waals surface area contributed by atoms with Crippen LogP contribution in [0.4, 0.5) is 5.69 Å². The maximum Gasteiger partial charge on any atom is 0.323 e. The summed E-state index contributed by atoms with van der Waals surface area (Å²) < 4.78 is 37.5. The Morgan fingerprint density at radius 2 is 2.03 bits per heavy atom. The number of ether oxygens (including phenoxy) is 1. The third kappa shape index (κ3) is 5.85. The van der Waals surface area contributed by atoms with Crippen LogP contribution in [0.5, 0.6) is 5.75 Å². The van der Waals surface area contributed by atoms with Gasteiger partial charge in [-0.3, -0.25) is 19.0 Å². The Bertz CT molecular complexity index is 1080. The van der Waals surface area contributed by atoms with Gasteiger partial charge in [0.1, 0.15) is 10.9 Å². The molecule has 1 fully saturated rings. The van der Waals surface area contributed by atoms with E-state index in [1.807, 2.05) is 6.92 Å². The van der Waals surface area contributed by atoms with Crippen LogP contribution < -0.4 is 9.64 Å². The molecule has 1 unspecified atom stereocenters. The summed E-state index contributed by atoms with van der Waals surface area (Å²) in [5.74, 6) is -1.13. The van der Waals surface area contributed by atoms with Gasteiger partial charge in [-0.05, 0) is 30.5 Å². The van der Waals surface area contributed by atoms with E-state index in [1.54, 1.807) is 41.3 Å². The van der Waals surface area contributed by atoms with Crippen molar-refractivity contribution in [2.45, 2.75) is 13.3 Å². The highest BCUT2D eigenvalue weighted by atomic mass is 32.2. The molecule has 0 bridgehead atoms. The summed E-state index contributed by atoms with van der Waals surface area (Å²) in [6, 6.07) is 7.14. The number of carboxylic acids is 1. The number of allylic oxidation sites excluding steroid dienone is 2. The van der Waals surface area contributed by atoms with Crippen molar-refractivity contribution in [1.29, 1.82) is 0 Å². The quantitative estimate of drug-likeness (QED) is 0.323. The van der Waals surface area contributed by atoms with Gasteiger partial charge in [0.05, 0.1) is 16.3 Å². The Morgan fingerprint density at radius 3 is 2.71 bits per heavy atom. The molecule has 2 N–H and O–H groups in total. The summed E-state index contributed by atoms with van der Waals surface area (Å²) in [5, 5.41) is 8.91.